The van der Waals surface area contributed by atoms with E-state index in [2.05, 4.69) is 15.2 Å². The minimum absolute atomic E-state index is 0.0504. The molecule has 0 aliphatic rings. The van der Waals surface area contributed by atoms with Gasteiger partial charge in [-0.25, -0.2) is 4.98 Å². The van der Waals surface area contributed by atoms with Crippen molar-refractivity contribution in [1.82, 2.24) is 19.7 Å². The van der Waals surface area contributed by atoms with Crippen LogP contribution in [0.3, 0.4) is 0 Å². The highest BCUT2D eigenvalue weighted by Crippen LogP contribution is 2.29. The Bertz CT molecular complexity index is 1210. The van der Waals surface area contributed by atoms with Crippen LogP contribution in [0.4, 0.5) is 5.13 Å². The number of hydrogen-bond donors (Lipinski definition) is 0. The van der Waals surface area contributed by atoms with Crippen LogP contribution in [0.2, 0.25) is 5.02 Å². The van der Waals surface area contributed by atoms with Gasteiger partial charge in [0, 0.05) is 30.8 Å². The monoisotopic (exact) mass is 485 g/mol. The van der Waals surface area contributed by atoms with Gasteiger partial charge in [-0.2, -0.15) is 0 Å². The highest BCUT2D eigenvalue weighted by atomic mass is 35.5. The summed E-state index contributed by atoms with van der Waals surface area (Å²) >= 11 is 9.17. The number of benzene rings is 2. The number of halogens is 1. The Morgan fingerprint density at radius 1 is 1.16 bits per heavy atom. The third kappa shape index (κ3) is 5.12. The van der Waals surface area contributed by atoms with E-state index in [0.29, 0.717) is 27.5 Å². The molecular formula is C22H20ClN5O2S2. The van der Waals surface area contributed by atoms with E-state index >= 15 is 0 Å². The van der Waals surface area contributed by atoms with E-state index in [4.69, 9.17) is 16.3 Å². The SMILES string of the molecule is CC(=O)N(C)c1nc(CSc2nnc(COc3ccccc3Cl)n2-c2ccccc2)cs1. The second-order valence-electron chi connectivity index (χ2n) is 6.78. The summed E-state index contributed by atoms with van der Waals surface area (Å²) in [5.74, 6) is 1.80. The minimum atomic E-state index is -0.0504. The van der Waals surface area contributed by atoms with E-state index in [1.54, 1.807) is 13.1 Å². The van der Waals surface area contributed by atoms with Crippen molar-refractivity contribution in [2.24, 2.45) is 0 Å². The lowest BCUT2D eigenvalue weighted by Gasteiger charge is -2.11. The van der Waals surface area contributed by atoms with Crippen LogP contribution in [0.25, 0.3) is 5.69 Å². The average Bonchev–Trinajstić information content (AvgIpc) is 3.44. The Labute approximate surface area is 199 Å². The average molecular weight is 486 g/mol. The molecule has 0 fully saturated rings. The number of amides is 1. The molecule has 2 aromatic heterocycles. The first-order valence-electron chi connectivity index (χ1n) is 9.71. The molecule has 32 heavy (non-hydrogen) atoms. The van der Waals surface area contributed by atoms with E-state index in [1.807, 2.05) is 58.5 Å². The van der Waals surface area contributed by atoms with Gasteiger partial charge in [-0.15, -0.1) is 21.5 Å². The van der Waals surface area contributed by atoms with Crippen molar-refractivity contribution in [2.75, 3.05) is 11.9 Å². The molecule has 4 rings (SSSR count). The van der Waals surface area contributed by atoms with E-state index < -0.39 is 0 Å². The van der Waals surface area contributed by atoms with E-state index in [1.165, 1.54) is 34.9 Å². The molecule has 164 valence electrons. The lowest BCUT2D eigenvalue weighted by molar-refractivity contribution is -0.116. The van der Waals surface area contributed by atoms with Crippen LogP contribution in [-0.4, -0.2) is 32.7 Å². The van der Waals surface area contributed by atoms with Crippen LogP contribution in [0.15, 0.2) is 65.1 Å². The van der Waals surface area contributed by atoms with E-state index in [9.17, 15) is 4.79 Å². The van der Waals surface area contributed by atoms with Gasteiger partial charge < -0.3 is 4.74 Å². The first-order chi connectivity index (χ1) is 15.5. The number of hydrogen-bond acceptors (Lipinski definition) is 7. The van der Waals surface area contributed by atoms with E-state index in [-0.39, 0.29) is 12.5 Å². The van der Waals surface area contributed by atoms with Gasteiger partial charge in [0.05, 0.1) is 10.7 Å². The van der Waals surface area contributed by atoms with Crippen molar-refractivity contribution in [2.45, 2.75) is 24.4 Å². The summed E-state index contributed by atoms with van der Waals surface area (Å²) in [6, 6.07) is 17.2. The van der Waals surface area contributed by atoms with Crippen molar-refractivity contribution >= 4 is 45.7 Å². The molecule has 0 unspecified atom stereocenters. The van der Waals surface area contributed by atoms with Gasteiger partial charge in [0.2, 0.25) is 5.91 Å². The van der Waals surface area contributed by atoms with Gasteiger partial charge >= 0.3 is 0 Å². The molecule has 0 radical (unpaired) electrons. The fourth-order valence-electron chi connectivity index (χ4n) is 2.82. The predicted octanol–water partition coefficient (Wildman–Crippen LogP) is 5.23. The summed E-state index contributed by atoms with van der Waals surface area (Å²) in [6.07, 6.45) is 0. The molecule has 2 aromatic carbocycles. The van der Waals surface area contributed by atoms with Crippen LogP contribution in [0.1, 0.15) is 18.4 Å². The van der Waals surface area contributed by atoms with Crippen LogP contribution in [0, 0.1) is 0 Å². The van der Waals surface area contributed by atoms with Crippen LogP contribution in [0.5, 0.6) is 5.75 Å². The van der Waals surface area contributed by atoms with Crippen LogP contribution < -0.4 is 9.64 Å². The Morgan fingerprint density at radius 3 is 2.66 bits per heavy atom. The third-order valence-electron chi connectivity index (χ3n) is 4.56. The summed E-state index contributed by atoms with van der Waals surface area (Å²) in [6.45, 7) is 1.74. The molecule has 0 aliphatic heterocycles. The number of thioether (sulfide) groups is 1. The molecule has 0 bridgehead atoms. The largest absolute Gasteiger partial charge is 0.484 e. The Balaban J connectivity index is 1.54. The van der Waals surface area contributed by atoms with Gasteiger partial charge in [0.25, 0.3) is 0 Å². The first kappa shape index (κ1) is 22.3. The Kier molecular flexibility index (Phi) is 7.09. The second-order valence-corrected chi connectivity index (χ2v) is 8.96. The number of carbonyl (C=O) groups excluding carboxylic acids is 1. The van der Waals surface area contributed by atoms with Crippen molar-refractivity contribution in [3.63, 3.8) is 0 Å². The maximum Gasteiger partial charge on any atom is 0.225 e. The summed E-state index contributed by atoms with van der Waals surface area (Å²) in [4.78, 5) is 17.7. The minimum Gasteiger partial charge on any atom is -0.484 e. The summed E-state index contributed by atoms with van der Waals surface area (Å²) in [7, 11) is 1.72. The Morgan fingerprint density at radius 2 is 1.91 bits per heavy atom. The molecule has 0 aliphatic carbocycles. The quantitative estimate of drug-likeness (QED) is 0.318. The lowest BCUT2D eigenvalue weighted by atomic mass is 10.3. The number of carbonyl (C=O) groups is 1. The molecule has 2 heterocycles. The van der Waals surface area contributed by atoms with Gasteiger partial charge in [0.1, 0.15) is 12.4 Å². The van der Waals surface area contributed by atoms with Gasteiger partial charge in [0.15, 0.2) is 16.1 Å². The van der Waals surface area contributed by atoms with Crippen molar-refractivity contribution in [3.8, 4) is 11.4 Å². The molecule has 0 saturated carbocycles. The highest BCUT2D eigenvalue weighted by Gasteiger charge is 2.17. The lowest BCUT2D eigenvalue weighted by Crippen LogP contribution is -2.22. The zero-order chi connectivity index (χ0) is 22.5. The van der Waals surface area contributed by atoms with Gasteiger partial charge in [-0.3, -0.25) is 14.3 Å². The number of para-hydroxylation sites is 2. The fraction of sp³-hybridized carbons (Fsp3) is 0.182. The first-order valence-corrected chi connectivity index (χ1v) is 12.0. The number of aromatic nitrogens is 4. The number of thiazole rings is 1. The number of rotatable bonds is 8. The number of nitrogens with zero attached hydrogens (tertiary/aromatic N) is 5. The highest BCUT2D eigenvalue weighted by molar-refractivity contribution is 7.98. The molecule has 10 heteroatoms. The number of ether oxygens (including phenoxy) is 1. The van der Waals surface area contributed by atoms with Crippen molar-refractivity contribution in [1.29, 1.82) is 0 Å². The zero-order valence-electron chi connectivity index (χ0n) is 17.4. The topological polar surface area (TPSA) is 73.1 Å². The maximum absolute atomic E-state index is 11.6. The van der Waals surface area contributed by atoms with Crippen LogP contribution in [-0.2, 0) is 17.2 Å². The van der Waals surface area contributed by atoms with Crippen molar-refractivity contribution in [3.05, 3.63) is 76.5 Å². The normalized spacial score (nSPS) is 10.8. The van der Waals surface area contributed by atoms with Gasteiger partial charge in [-0.05, 0) is 24.3 Å². The summed E-state index contributed by atoms with van der Waals surface area (Å²) in [5, 5.41) is 12.6. The standard InChI is InChI=1S/C22H20ClN5O2S2/c1-15(29)27(2)21-24-16(13-31-21)14-32-22-26-25-20(28(22)17-8-4-3-5-9-17)12-30-19-11-7-6-10-18(19)23/h3-11,13H,12,14H2,1-2H3. The fourth-order valence-corrected chi connectivity index (χ4v) is 4.81. The summed E-state index contributed by atoms with van der Waals surface area (Å²) in [5.41, 5.74) is 1.81. The molecule has 1 amide bonds. The second kappa shape index (κ2) is 10.2. The predicted molar refractivity (Wildman–Crippen MR) is 128 cm³/mol. The van der Waals surface area contributed by atoms with Gasteiger partial charge in [-0.1, -0.05) is 53.7 Å². The summed E-state index contributed by atoms with van der Waals surface area (Å²) < 4.78 is 7.87. The smallest absolute Gasteiger partial charge is 0.225 e. The van der Waals surface area contributed by atoms with Crippen LogP contribution >= 0.6 is 34.7 Å². The molecule has 0 N–H and O–H groups in total. The molecule has 0 saturated heterocycles. The molecule has 0 spiro atoms. The van der Waals surface area contributed by atoms with Crippen molar-refractivity contribution < 1.29 is 9.53 Å². The molecule has 0 atom stereocenters. The Hall–Kier alpha value is -2.88. The third-order valence-corrected chi connectivity index (χ3v) is 6.80. The molecule has 7 nitrogen and oxygen atoms in total. The number of anilines is 1. The molecular weight excluding hydrogens is 466 g/mol. The molecule has 4 aromatic rings. The van der Waals surface area contributed by atoms with E-state index in [0.717, 1.165) is 16.5 Å². The maximum atomic E-state index is 11.6. The zero-order valence-corrected chi connectivity index (χ0v) is 19.8.